The van der Waals surface area contributed by atoms with Gasteiger partial charge in [-0.25, -0.2) is 0 Å². The van der Waals surface area contributed by atoms with Crippen LogP contribution in [0.15, 0.2) is 11.4 Å². The molecule has 2 heterocycles. The summed E-state index contributed by atoms with van der Waals surface area (Å²) in [5.74, 6) is -1.38. The minimum absolute atomic E-state index is 0.456. The molecule has 2 rings (SSSR count). The number of rotatable bonds is 4. The summed E-state index contributed by atoms with van der Waals surface area (Å²) in [5, 5.41) is 11.3. The number of carbonyl (C=O) groups is 2. The first-order valence-electron chi connectivity index (χ1n) is 5.90. The van der Waals surface area contributed by atoms with Crippen molar-refractivity contribution in [2.75, 3.05) is 6.54 Å². The van der Waals surface area contributed by atoms with E-state index in [9.17, 15) is 14.7 Å². The molecule has 0 aliphatic carbocycles. The van der Waals surface area contributed by atoms with Crippen LogP contribution in [0.25, 0.3) is 0 Å². The lowest BCUT2D eigenvalue weighted by Crippen LogP contribution is -2.50. The largest absolute Gasteiger partial charge is 0.480 e. The molecule has 1 aromatic rings. The summed E-state index contributed by atoms with van der Waals surface area (Å²) in [6, 6.07) is 0.565. The minimum atomic E-state index is -0.922. The number of carboxylic acids is 1. The van der Waals surface area contributed by atoms with Gasteiger partial charge in [-0.2, -0.15) is 0 Å². The molecule has 2 unspecified atom stereocenters. The van der Waals surface area contributed by atoms with Crippen LogP contribution in [0.2, 0.25) is 0 Å². The van der Waals surface area contributed by atoms with Gasteiger partial charge < -0.3 is 10.8 Å². The number of fused-ring (bicyclic) bond motifs is 1. The lowest BCUT2D eigenvalue weighted by molar-refractivity contribution is -0.146. The van der Waals surface area contributed by atoms with Crippen LogP contribution < -0.4 is 5.73 Å². The number of nitrogens with zero attached hydrogens (tertiary/aromatic N) is 1. The van der Waals surface area contributed by atoms with Crippen LogP contribution in [0.1, 0.15) is 29.8 Å². The molecule has 0 spiro atoms. The van der Waals surface area contributed by atoms with Crippen LogP contribution in [0, 0.1) is 0 Å². The number of nitrogens with two attached hydrogens (primary N) is 1. The fourth-order valence-electron chi connectivity index (χ4n) is 2.55. The minimum Gasteiger partial charge on any atom is -0.480 e. The molecule has 1 aliphatic rings. The quantitative estimate of drug-likeness (QED) is 0.853. The predicted octanol–water partition coefficient (Wildman–Crippen LogP) is 0.996. The Kier molecular flexibility index (Phi) is 3.68. The van der Waals surface area contributed by atoms with Crippen molar-refractivity contribution in [3.8, 4) is 0 Å². The highest BCUT2D eigenvalue weighted by molar-refractivity contribution is 7.10. The maximum absolute atomic E-state index is 11.5. The monoisotopic (exact) mass is 268 g/mol. The zero-order chi connectivity index (χ0) is 13.3. The van der Waals surface area contributed by atoms with Gasteiger partial charge in [0.2, 0.25) is 5.91 Å². The number of aliphatic carboxylic acids is 1. The Hall–Kier alpha value is -1.40. The van der Waals surface area contributed by atoms with Crippen molar-refractivity contribution in [3.05, 3.63) is 21.9 Å². The molecule has 98 valence electrons. The van der Waals surface area contributed by atoms with Gasteiger partial charge in [-0.15, -0.1) is 11.3 Å². The molecule has 0 saturated carbocycles. The third-order valence-electron chi connectivity index (χ3n) is 3.35. The Morgan fingerprint density at radius 2 is 2.39 bits per heavy atom. The molecule has 0 aromatic carbocycles. The third-order valence-corrected chi connectivity index (χ3v) is 4.35. The van der Waals surface area contributed by atoms with Crippen LogP contribution in [-0.4, -0.2) is 34.5 Å². The van der Waals surface area contributed by atoms with Gasteiger partial charge in [-0.3, -0.25) is 14.5 Å². The van der Waals surface area contributed by atoms with E-state index in [-0.39, 0.29) is 0 Å². The smallest absolute Gasteiger partial charge is 0.325 e. The van der Waals surface area contributed by atoms with E-state index in [1.54, 1.807) is 16.2 Å². The number of amides is 1. The van der Waals surface area contributed by atoms with E-state index in [1.807, 2.05) is 18.4 Å². The molecule has 0 radical (unpaired) electrons. The summed E-state index contributed by atoms with van der Waals surface area (Å²) < 4.78 is 0. The Balaban J connectivity index is 2.38. The van der Waals surface area contributed by atoms with Gasteiger partial charge in [-0.05, 0) is 29.9 Å². The average Bonchev–Trinajstić information content (AvgIpc) is 2.76. The molecule has 5 nitrogen and oxygen atoms in total. The first-order chi connectivity index (χ1) is 8.56. The summed E-state index contributed by atoms with van der Waals surface area (Å²) in [4.78, 5) is 25.7. The molecule has 6 heteroatoms. The van der Waals surface area contributed by atoms with Crippen molar-refractivity contribution in [1.29, 1.82) is 0 Å². The van der Waals surface area contributed by atoms with Gasteiger partial charge in [0.1, 0.15) is 6.04 Å². The first-order valence-corrected chi connectivity index (χ1v) is 6.78. The third kappa shape index (κ3) is 2.13. The van der Waals surface area contributed by atoms with Gasteiger partial charge in [0.25, 0.3) is 0 Å². The van der Waals surface area contributed by atoms with Crippen LogP contribution in [0.3, 0.4) is 0 Å². The molecule has 1 aromatic heterocycles. The predicted molar refractivity (Wildman–Crippen MR) is 68.4 cm³/mol. The highest BCUT2D eigenvalue weighted by Crippen LogP contribution is 2.35. The summed E-state index contributed by atoms with van der Waals surface area (Å²) in [7, 11) is 0. The Bertz CT molecular complexity index is 472. The number of thiophene rings is 1. The van der Waals surface area contributed by atoms with E-state index in [0.717, 1.165) is 16.9 Å². The molecular formula is C12H16N2O3S. The molecule has 0 saturated heterocycles. The molecule has 0 bridgehead atoms. The van der Waals surface area contributed by atoms with Crippen molar-refractivity contribution in [1.82, 2.24) is 4.90 Å². The number of carbonyl (C=O) groups excluding carboxylic acids is 1. The Labute approximate surface area is 109 Å². The van der Waals surface area contributed by atoms with Crippen LogP contribution in [0.4, 0.5) is 0 Å². The van der Waals surface area contributed by atoms with E-state index in [0.29, 0.717) is 13.0 Å². The lowest BCUT2D eigenvalue weighted by atomic mass is 9.97. The molecule has 0 fully saturated rings. The Morgan fingerprint density at radius 3 is 2.94 bits per heavy atom. The fourth-order valence-corrected chi connectivity index (χ4v) is 3.45. The second-order valence-electron chi connectivity index (χ2n) is 4.35. The number of hydrogen-bond acceptors (Lipinski definition) is 4. The van der Waals surface area contributed by atoms with E-state index >= 15 is 0 Å². The lowest BCUT2D eigenvalue weighted by Gasteiger charge is -2.37. The second kappa shape index (κ2) is 5.07. The summed E-state index contributed by atoms with van der Waals surface area (Å²) in [5.41, 5.74) is 6.17. The second-order valence-corrected chi connectivity index (χ2v) is 5.35. The number of carboxylic acid groups (broad SMARTS) is 1. The SMILES string of the molecule is CCC(C(N)=O)N1CCc2sccc2C1C(=O)O. The maximum atomic E-state index is 11.5. The highest BCUT2D eigenvalue weighted by Gasteiger charge is 2.38. The van der Waals surface area contributed by atoms with E-state index < -0.39 is 24.0 Å². The molecule has 1 amide bonds. The topological polar surface area (TPSA) is 83.6 Å². The Morgan fingerprint density at radius 1 is 1.67 bits per heavy atom. The molecule has 1 aliphatic heterocycles. The van der Waals surface area contributed by atoms with Crippen LogP contribution in [0.5, 0.6) is 0 Å². The number of primary amides is 1. The van der Waals surface area contributed by atoms with Crippen molar-refractivity contribution in [2.45, 2.75) is 31.8 Å². The first kappa shape index (κ1) is 13.0. The van der Waals surface area contributed by atoms with Gasteiger partial charge in [0.05, 0.1) is 6.04 Å². The van der Waals surface area contributed by atoms with Gasteiger partial charge in [-0.1, -0.05) is 6.92 Å². The number of hydrogen-bond donors (Lipinski definition) is 2. The van der Waals surface area contributed by atoms with Crippen molar-refractivity contribution < 1.29 is 14.7 Å². The normalized spacial score (nSPS) is 21.3. The summed E-state index contributed by atoms with van der Waals surface area (Å²) in [6.07, 6.45) is 1.30. The average molecular weight is 268 g/mol. The van der Waals surface area contributed by atoms with Gasteiger partial charge in [0, 0.05) is 11.4 Å². The van der Waals surface area contributed by atoms with E-state index in [4.69, 9.17) is 5.73 Å². The fraction of sp³-hybridized carbons (Fsp3) is 0.500. The highest BCUT2D eigenvalue weighted by atomic mass is 32.1. The van der Waals surface area contributed by atoms with E-state index in [1.165, 1.54) is 0 Å². The van der Waals surface area contributed by atoms with Crippen molar-refractivity contribution in [2.24, 2.45) is 5.73 Å². The summed E-state index contributed by atoms with van der Waals surface area (Å²) in [6.45, 7) is 2.41. The zero-order valence-corrected chi connectivity index (χ0v) is 10.9. The zero-order valence-electron chi connectivity index (χ0n) is 10.1. The standard InChI is InChI=1S/C12H16N2O3S/c1-2-8(11(13)15)14-5-3-9-7(4-6-18-9)10(14)12(16)17/h4,6,8,10H,2-3,5H2,1H3,(H2,13,15)(H,16,17). The molecular weight excluding hydrogens is 252 g/mol. The van der Waals surface area contributed by atoms with Gasteiger partial charge in [0.15, 0.2) is 0 Å². The van der Waals surface area contributed by atoms with Crippen molar-refractivity contribution >= 4 is 23.2 Å². The maximum Gasteiger partial charge on any atom is 0.325 e. The summed E-state index contributed by atoms with van der Waals surface area (Å²) >= 11 is 1.57. The van der Waals surface area contributed by atoms with Gasteiger partial charge >= 0.3 is 5.97 Å². The molecule has 18 heavy (non-hydrogen) atoms. The molecule has 2 atom stereocenters. The van der Waals surface area contributed by atoms with Crippen LogP contribution >= 0.6 is 11.3 Å². The van der Waals surface area contributed by atoms with Crippen LogP contribution in [-0.2, 0) is 16.0 Å². The molecule has 3 N–H and O–H groups in total. The van der Waals surface area contributed by atoms with E-state index in [2.05, 4.69) is 0 Å². The van der Waals surface area contributed by atoms with Crippen molar-refractivity contribution in [3.63, 3.8) is 0 Å².